The van der Waals surface area contributed by atoms with Gasteiger partial charge in [0.25, 0.3) is 5.91 Å². The summed E-state index contributed by atoms with van der Waals surface area (Å²) >= 11 is 4.07. The minimum atomic E-state index is 0.00237. The van der Waals surface area contributed by atoms with Crippen LogP contribution in [0.3, 0.4) is 0 Å². The zero-order valence-corrected chi connectivity index (χ0v) is 14.9. The first-order chi connectivity index (χ1) is 10.1. The van der Waals surface area contributed by atoms with Crippen molar-refractivity contribution < 1.29 is 4.79 Å². The fourth-order valence-corrected chi connectivity index (χ4v) is 3.10. The number of nitrogens with one attached hydrogen (secondary N) is 1. The largest absolute Gasteiger partial charge is 0.351 e. The molecule has 2 aromatic rings. The quantitative estimate of drug-likeness (QED) is 0.569. The predicted octanol–water partition coefficient (Wildman–Crippen LogP) is 4.26. The van der Waals surface area contributed by atoms with Crippen LogP contribution in [0.4, 0.5) is 0 Å². The summed E-state index contributed by atoms with van der Waals surface area (Å²) in [4.78, 5) is 11.9. The van der Waals surface area contributed by atoms with Gasteiger partial charge in [-0.25, -0.2) is 0 Å². The molecule has 0 saturated heterocycles. The van der Waals surface area contributed by atoms with E-state index in [2.05, 4.69) is 59.1 Å². The maximum Gasteiger partial charge on any atom is 0.251 e. The molecular weight excluding hydrogens is 393 g/mol. The SMILES string of the molecule is Cc1cccc(CSCCNC(=O)c2ccc(I)cc2)c1. The van der Waals surface area contributed by atoms with E-state index >= 15 is 0 Å². The van der Waals surface area contributed by atoms with Gasteiger partial charge in [0.2, 0.25) is 0 Å². The van der Waals surface area contributed by atoms with Crippen LogP contribution in [0, 0.1) is 10.5 Å². The number of rotatable bonds is 6. The number of aryl methyl sites for hydroxylation is 1. The molecule has 0 aliphatic heterocycles. The normalized spacial score (nSPS) is 10.4. The van der Waals surface area contributed by atoms with Gasteiger partial charge >= 0.3 is 0 Å². The van der Waals surface area contributed by atoms with E-state index in [9.17, 15) is 4.79 Å². The third-order valence-electron chi connectivity index (χ3n) is 2.99. The Bertz CT molecular complexity index is 598. The molecule has 2 aromatic carbocycles. The Morgan fingerprint density at radius 2 is 1.95 bits per heavy atom. The highest BCUT2D eigenvalue weighted by Gasteiger charge is 2.03. The Balaban J connectivity index is 1.68. The molecule has 2 rings (SSSR count). The lowest BCUT2D eigenvalue weighted by atomic mass is 10.2. The van der Waals surface area contributed by atoms with Gasteiger partial charge in [-0.3, -0.25) is 4.79 Å². The Hall–Kier alpha value is -1.01. The van der Waals surface area contributed by atoms with Crippen molar-refractivity contribution in [3.05, 3.63) is 68.8 Å². The average Bonchev–Trinajstić information content (AvgIpc) is 2.47. The molecule has 4 heteroatoms. The van der Waals surface area contributed by atoms with E-state index in [0.29, 0.717) is 6.54 Å². The molecule has 0 bridgehead atoms. The number of carbonyl (C=O) groups excluding carboxylic acids is 1. The molecule has 2 nitrogen and oxygen atoms in total. The van der Waals surface area contributed by atoms with E-state index < -0.39 is 0 Å². The second-order valence-electron chi connectivity index (χ2n) is 4.80. The number of thioether (sulfide) groups is 1. The molecule has 1 N–H and O–H groups in total. The highest BCUT2D eigenvalue weighted by atomic mass is 127. The van der Waals surface area contributed by atoms with Crippen LogP contribution in [0.1, 0.15) is 21.5 Å². The lowest BCUT2D eigenvalue weighted by Gasteiger charge is -2.06. The van der Waals surface area contributed by atoms with E-state index in [1.165, 1.54) is 11.1 Å². The second kappa shape index (κ2) is 8.44. The van der Waals surface area contributed by atoms with Gasteiger partial charge in [0, 0.05) is 27.2 Å². The molecule has 0 fully saturated rings. The number of halogens is 1. The Morgan fingerprint density at radius 1 is 1.19 bits per heavy atom. The van der Waals surface area contributed by atoms with Crippen LogP contribution in [0.25, 0.3) is 0 Å². The molecule has 0 radical (unpaired) electrons. The topological polar surface area (TPSA) is 29.1 Å². The summed E-state index contributed by atoms with van der Waals surface area (Å²) in [7, 11) is 0. The number of benzene rings is 2. The number of amides is 1. The molecule has 0 aliphatic carbocycles. The summed E-state index contributed by atoms with van der Waals surface area (Å²) < 4.78 is 1.14. The molecule has 110 valence electrons. The molecule has 21 heavy (non-hydrogen) atoms. The summed E-state index contributed by atoms with van der Waals surface area (Å²) in [6.45, 7) is 2.80. The average molecular weight is 411 g/mol. The van der Waals surface area contributed by atoms with Crippen molar-refractivity contribution in [1.29, 1.82) is 0 Å². The van der Waals surface area contributed by atoms with Crippen LogP contribution in [-0.4, -0.2) is 18.2 Å². The molecule has 0 saturated carbocycles. The van der Waals surface area contributed by atoms with Gasteiger partial charge in [-0.05, 0) is 59.3 Å². The highest BCUT2D eigenvalue weighted by molar-refractivity contribution is 14.1. The van der Waals surface area contributed by atoms with Gasteiger partial charge in [-0.2, -0.15) is 11.8 Å². The van der Waals surface area contributed by atoms with E-state index in [1.807, 2.05) is 36.0 Å². The van der Waals surface area contributed by atoms with Crippen LogP contribution < -0.4 is 5.32 Å². The second-order valence-corrected chi connectivity index (χ2v) is 7.16. The smallest absolute Gasteiger partial charge is 0.251 e. The predicted molar refractivity (Wildman–Crippen MR) is 98.8 cm³/mol. The first kappa shape index (κ1) is 16.4. The summed E-state index contributed by atoms with van der Waals surface area (Å²) in [5.41, 5.74) is 3.35. The van der Waals surface area contributed by atoms with Crippen molar-refractivity contribution >= 4 is 40.3 Å². The lowest BCUT2D eigenvalue weighted by molar-refractivity contribution is 0.0956. The number of hydrogen-bond acceptors (Lipinski definition) is 2. The van der Waals surface area contributed by atoms with E-state index in [-0.39, 0.29) is 5.91 Å². The molecule has 1 amide bonds. The minimum absolute atomic E-state index is 0.00237. The Labute approximate surface area is 143 Å². The zero-order chi connectivity index (χ0) is 15.1. The molecule has 0 aliphatic rings. The van der Waals surface area contributed by atoms with Crippen LogP contribution in [-0.2, 0) is 5.75 Å². The fraction of sp³-hybridized carbons (Fsp3) is 0.235. The third-order valence-corrected chi connectivity index (χ3v) is 4.74. The van der Waals surface area contributed by atoms with Crippen molar-refractivity contribution in [2.45, 2.75) is 12.7 Å². The van der Waals surface area contributed by atoms with Crippen LogP contribution in [0.15, 0.2) is 48.5 Å². The molecule has 0 aromatic heterocycles. The van der Waals surface area contributed by atoms with Gasteiger partial charge in [0.15, 0.2) is 0 Å². The first-order valence-electron chi connectivity index (χ1n) is 6.82. The maximum atomic E-state index is 11.9. The van der Waals surface area contributed by atoms with Crippen LogP contribution in [0.5, 0.6) is 0 Å². The standard InChI is InChI=1S/C17H18INOS/c1-13-3-2-4-14(11-13)12-21-10-9-19-17(20)15-5-7-16(18)8-6-15/h2-8,11H,9-10,12H2,1H3,(H,19,20). The number of hydrogen-bond donors (Lipinski definition) is 1. The summed E-state index contributed by atoms with van der Waals surface area (Å²) in [5.74, 6) is 1.91. The zero-order valence-electron chi connectivity index (χ0n) is 11.9. The minimum Gasteiger partial charge on any atom is -0.351 e. The van der Waals surface area contributed by atoms with Crippen LogP contribution >= 0.6 is 34.4 Å². The number of carbonyl (C=O) groups is 1. The van der Waals surface area contributed by atoms with E-state index in [1.54, 1.807) is 0 Å². The van der Waals surface area contributed by atoms with Crippen molar-refractivity contribution in [2.24, 2.45) is 0 Å². The van der Waals surface area contributed by atoms with Crippen molar-refractivity contribution in [2.75, 3.05) is 12.3 Å². The fourth-order valence-electron chi connectivity index (χ4n) is 1.93. The maximum absolute atomic E-state index is 11.9. The van der Waals surface area contributed by atoms with Gasteiger partial charge in [0.05, 0.1) is 0 Å². The third kappa shape index (κ3) is 5.71. The van der Waals surface area contributed by atoms with Crippen molar-refractivity contribution in [3.8, 4) is 0 Å². The van der Waals surface area contributed by atoms with Gasteiger partial charge in [-0.1, -0.05) is 29.8 Å². The molecular formula is C17H18INOS. The monoisotopic (exact) mass is 411 g/mol. The van der Waals surface area contributed by atoms with E-state index in [0.717, 1.165) is 20.6 Å². The van der Waals surface area contributed by atoms with Gasteiger partial charge < -0.3 is 5.32 Å². The van der Waals surface area contributed by atoms with Crippen molar-refractivity contribution in [1.82, 2.24) is 5.32 Å². The van der Waals surface area contributed by atoms with Gasteiger partial charge in [0.1, 0.15) is 0 Å². The lowest BCUT2D eigenvalue weighted by Crippen LogP contribution is -2.25. The van der Waals surface area contributed by atoms with Crippen LogP contribution in [0.2, 0.25) is 0 Å². The highest BCUT2D eigenvalue weighted by Crippen LogP contribution is 2.13. The van der Waals surface area contributed by atoms with Gasteiger partial charge in [-0.15, -0.1) is 0 Å². The Morgan fingerprint density at radius 3 is 2.67 bits per heavy atom. The molecule has 0 atom stereocenters. The summed E-state index contributed by atoms with van der Waals surface area (Å²) in [5, 5.41) is 2.95. The molecule has 0 unspecified atom stereocenters. The summed E-state index contributed by atoms with van der Waals surface area (Å²) in [6, 6.07) is 16.2. The first-order valence-corrected chi connectivity index (χ1v) is 9.05. The Kier molecular flexibility index (Phi) is 6.57. The van der Waals surface area contributed by atoms with Crippen molar-refractivity contribution in [3.63, 3.8) is 0 Å². The molecule has 0 heterocycles. The summed E-state index contributed by atoms with van der Waals surface area (Å²) in [6.07, 6.45) is 0. The molecule has 0 spiro atoms. The van der Waals surface area contributed by atoms with E-state index in [4.69, 9.17) is 0 Å².